The second-order valence-electron chi connectivity index (χ2n) is 4.44. The Balaban J connectivity index is 2.36. The smallest absolute Gasteiger partial charge is 0.323 e. The number of rotatable bonds is 6. The van der Waals surface area contributed by atoms with Crippen LogP contribution in [0.5, 0.6) is 0 Å². The molecule has 0 saturated carbocycles. The van der Waals surface area contributed by atoms with Gasteiger partial charge in [0.2, 0.25) is 5.88 Å². The Bertz CT molecular complexity index is 594. The monoisotopic (exact) mass is 291 g/mol. The minimum Gasteiger partial charge on any atom is -0.480 e. The summed E-state index contributed by atoms with van der Waals surface area (Å²) in [4.78, 5) is 12.8. The molecule has 0 aliphatic rings. The van der Waals surface area contributed by atoms with E-state index in [0.717, 1.165) is 22.8 Å². The molecule has 0 aliphatic carbocycles. The number of furan rings is 1. The normalized spacial score (nSPS) is 10.5. The van der Waals surface area contributed by atoms with Gasteiger partial charge < -0.3 is 14.4 Å². The van der Waals surface area contributed by atoms with Crippen LogP contribution in [0.1, 0.15) is 11.3 Å². The van der Waals surface area contributed by atoms with Crippen molar-refractivity contribution in [3.8, 4) is 0 Å². The summed E-state index contributed by atoms with van der Waals surface area (Å²) < 4.78 is 5.74. The van der Waals surface area contributed by atoms with Crippen LogP contribution in [0.25, 0.3) is 0 Å². The summed E-state index contributed by atoms with van der Waals surface area (Å²) in [6, 6.07) is 11.4. The van der Waals surface area contributed by atoms with Gasteiger partial charge in [-0.25, -0.2) is 0 Å². The van der Waals surface area contributed by atoms with E-state index in [1.807, 2.05) is 49.6 Å². The predicted octanol–water partition coefficient (Wildman–Crippen LogP) is 3.67. The summed E-state index contributed by atoms with van der Waals surface area (Å²) >= 11 is 1.66. The molecule has 0 atom stereocenters. The Hall–Kier alpha value is -1.88. The molecule has 0 bridgehead atoms. The summed E-state index contributed by atoms with van der Waals surface area (Å²) in [7, 11) is 0. The summed E-state index contributed by atoms with van der Waals surface area (Å²) in [5, 5.41) is 9.12. The molecule has 1 heterocycles. The number of carbonyl (C=O) groups is 1. The van der Waals surface area contributed by atoms with E-state index < -0.39 is 5.97 Å². The molecule has 0 radical (unpaired) electrons. The molecule has 2 rings (SSSR count). The Labute approximate surface area is 122 Å². The quantitative estimate of drug-likeness (QED) is 0.880. The highest BCUT2D eigenvalue weighted by Crippen LogP contribution is 2.30. The van der Waals surface area contributed by atoms with Crippen LogP contribution in [0, 0.1) is 6.92 Å². The van der Waals surface area contributed by atoms with E-state index in [0.29, 0.717) is 5.88 Å². The standard InChI is InChI=1S/C15H17NO3S/c1-11-5-3-4-6-13(11)16(9-15(17)18)14-8-7-12(19-14)10-20-2/h3-8H,9-10H2,1-2H3,(H,17,18). The lowest BCUT2D eigenvalue weighted by atomic mass is 10.2. The highest BCUT2D eigenvalue weighted by atomic mass is 32.2. The number of benzene rings is 1. The highest BCUT2D eigenvalue weighted by molar-refractivity contribution is 7.97. The number of carboxylic acids is 1. The predicted molar refractivity (Wildman–Crippen MR) is 81.7 cm³/mol. The summed E-state index contributed by atoms with van der Waals surface area (Å²) in [5.41, 5.74) is 1.86. The zero-order valence-corrected chi connectivity index (χ0v) is 12.3. The fourth-order valence-corrected chi connectivity index (χ4v) is 2.45. The number of nitrogens with zero attached hydrogens (tertiary/aromatic N) is 1. The van der Waals surface area contributed by atoms with Gasteiger partial charge in [0.15, 0.2) is 0 Å². The van der Waals surface area contributed by atoms with Gasteiger partial charge in [0.25, 0.3) is 0 Å². The molecule has 1 N–H and O–H groups in total. The topological polar surface area (TPSA) is 53.7 Å². The molecule has 106 valence electrons. The van der Waals surface area contributed by atoms with Crippen molar-refractivity contribution in [2.45, 2.75) is 12.7 Å². The van der Waals surface area contributed by atoms with Crippen LogP contribution in [0.4, 0.5) is 11.6 Å². The molecule has 20 heavy (non-hydrogen) atoms. The molecule has 2 aromatic rings. The van der Waals surface area contributed by atoms with Crippen LogP contribution in [0.2, 0.25) is 0 Å². The average molecular weight is 291 g/mol. The third-order valence-corrected chi connectivity index (χ3v) is 3.47. The van der Waals surface area contributed by atoms with Gasteiger partial charge in [0, 0.05) is 11.8 Å². The zero-order valence-electron chi connectivity index (χ0n) is 11.5. The first-order valence-electron chi connectivity index (χ1n) is 6.24. The number of hydrogen-bond donors (Lipinski definition) is 1. The van der Waals surface area contributed by atoms with Gasteiger partial charge in [-0.15, -0.1) is 0 Å². The van der Waals surface area contributed by atoms with Crippen molar-refractivity contribution in [3.63, 3.8) is 0 Å². The van der Waals surface area contributed by atoms with Gasteiger partial charge in [0.05, 0.1) is 5.75 Å². The van der Waals surface area contributed by atoms with Crippen molar-refractivity contribution in [1.29, 1.82) is 0 Å². The van der Waals surface area contributed by atoms with E-state index >= 15 is 0 Å². The molecule has 1 aromatic carbocycles. The molecule has 0 fully saturated rings. The van der Waals surface area contributed by atoms with Gasteiger partial charge in [-0.3, -0.25) is 4.79 Å². The third-order valence-electron chi connectivity index (χ3n) is 2.90. The number of aryl methyl sites for hydroxylation is 1. The van der Waals surface area contributed by atoms with Crippen molar-refractivity contribution in [2.75, 3.05) is 17.7 Å². The van der Waals surface area contributed by atoms with E-state index in [9.17, 15) is 4.79 Å². The van der Waals surface area contributed by atoms with Crippen LogP contribution in [-0.4, -0.2) is 23.9 Å². The molecule has 0 saturated heterocycles. The van der Waals surface area contributed by atoms with Gasteiger partial charge in [0.1, 0.15) is 12.3 Å². The Morgan fingerprint density at radius 2 is 2.05 bits per heavy atom. The Kier molecular flexibility index (Phi) is 4.74. The van der Waals surface area contributed by atoms with Gasteiger partial charge in [-0.2, -0.15) is 11.8 Å². The first-order valence-corrected chi connectivity index (χ1v) is 7.64. The van der Waals surface area contributed by atoms with Crippen molar-refractivity contribution in [1.82, 2.24) is 0 Å². The average Bonchev–Trinajstić information content (AvgIpc) is 2.86. The summed E-state index contributed by atoms with van der Waals surface area (Å²) in [6.45, 7) is 1.83. The van der Waals surface area contributed by atoms with E-state index in [4.69, 9.17) is 9.52 Å². The Morgan fingerprint density at radius 1 is 1.30 bits per heavy atom. The number of para-hydroxylation sites is 1. The molecule has 0 aliphatic heterocycles. The number of anilines is 2. The fourth-order valence-electron chi connectivity index (χ4n) is 2.01. The molecular formula is C15H17NO3S. The Morgan fingerprint density at radius 3 is 2.70 bits per heavy atom. The van der Waals surface area contributed by atoms with Gasteiger partial charge in [-0.05, 0) is 30.9 Å². The van der Waals surface area contributed by atoms with Gasteiger partial charge in [-0.1, -0.05) is 18.2 Å². The third kappa shape index (κ3) is 3.36. The van der Waals surface area contributed by atoms with E-state index in [-0.39, 0.29) is 6.54 Å². The first-order chi connectivity index (χ1) is 9.61. The second-order valence-corrected chi connectivity index (χ2v) is 5.31. The van der Waals surface area contributed by atoms with E-state index in [1.54, 1.807) is 16.7 Å². The van der Waals surface area contributed by atoms with Crippen LogP contribution >= 0.6 is 11.8 Å². The van der Waals surface area contributed by atoms with Crippen molar-refractivity contribution >= 4 is 29.3 Å². The van der Waals surface area contributed by atoms with Gasteiger partial charge >= 0.3 is 5.97 Å². The maximum Gasteiger partial charge on any atom is 0.323 e. The maximum atomic E-state index is 11.1. The van der Waals surface area contributed by atoms with Crippen LogP contribution < -0.4 is 4.90 Å². The molecular weight excluding hydrogens is 274 g/mol. The minimum absolute atomic E-state index is 0.128. The van der Waals surface area contributed by atoms with Crippen molar-refractivity contribution in [3.05, 3.63) is 47.7 Å². The second kappa shape index (κ2) is 6.52. The maximum absolute atomic E-state index is 11.1. The molecule has 4 nitrogen and oxygen atoms in total. The number of thioether (sulfide) groups is 1. The lowest BCUT2D eigenvalue weighted by Gasteiger charge is -2.21. The van der Waals surface area contributed by atoms with Crippen LogP contribution in [0.3, 0.4) is 0 Å². The summed E-state index contributed by atoms with van der Waals surface area (Å²) in [6.07, 6.45) is 2.00. The van der Waals surface area contributed by atoms with Crippen molar-refractivity contribution in [2.24, 2.45) is 0 Å². The summed E-state index contributed by atoms with van der Waals surface area (Å²) in [5.74, 6) is 1.28. The molecule has 1 aromatic heterocycles. The molecule has 0 amide bonds. The molecule has 0 spiro atoms. The SMILES string of the molecule is CSCc1ccc(N(CC(=O)O)c2ccccc2C)o1. The zero-order chi connectivity index (χ0) is 14.5. The first kappa shape index (κ1) is 14.5. The highest BCUT2D eigenvalue weighted by Gasteiger charge is 2.18. The minimum atomic E-state index is -0.893. The van der Waals surface area contributed by atoms with Crippen LogP contribution in [0.15, 0.2) is 40.8 Å². The largest absolute Gasteiger partial charge is 0.480 e. The van der Waals surface area contributed by atoms with E-state index in [2.05, 4.69) is 0 Å². The lowest BCUT2D eigenvalue weighted by Crippen LogP contribution is -2.25. The fraction of sp³-hybridized carbons (Fsp3) is 0.267. The number of aliphatic carboxylic acids is 1. The number of hydrogen-bond acceptors (Lipinski definition) is 4. The molecule has 0 unspecified atom stereocenters. The van der Waals surface area contributed by atoms with Crippen LogP contribution in [-0.2, 0) is 10.5 Å². The van der Waals surface area contributed by atoms with Crippen molar-refractivity contribution < 1.29 is 14.3 Å². The molecule has 5 heteroatoms. The van der Waals surface area contributed by atoms with E-state index in [1.165, 1.54) is 0 Å². The lowest BCUT2D eigenvalue weighted by molar-refractivity contribution is -0.135. The number of carboxylic acid groups (broad SMARTS) is 1.